The Balaban J connectivity index is 1.46. The fourth-order valence-corrected chi connectivity index (χ4v) is 4.33. The molecule has 3 aromatic carbocycles. The number of aryl methyl sites for hydroxylation is 2. The lowest BCUT2D eigenvalue weighted by atomic mass is 10.1. The molecule has 0 radical (unpaired) electrons. The minimum atomic E-state index is -0.172. The van der Waals surface area contributed by atoms with Gasteiger partial charge in [0.25, 0.3) is 11.8 Å². The van der Waals surface area contributed by atoms with E-state index in [1.807, 2.05) is 78.6 Å². The van der Waals surface area contributed by atoms with Gasteiger partial charge in [0.1, 0.15) is 0 Å². The molecule has 33 heavy (non-hydrogen) atoms. The molecular weight excluding hydrogens is 434 g/mol. The Hall–Kier alpha value is -3.31. The maximum Gasteiger partial charge on any atom is 0.255 e. The first-order valence-electron chi connectivity index (χ1n) is 11.3. The smallest absolute Gasteiger partial charge is 0.255 e. The number of carbonyl (C=O) groups is 2. The van der Waals surface area contributed by atoms with Gasteiger partial charge in [0.15, 0.2) is 0 Å². The summed E-state index contributed by atoms with van der Waals surface area (Å²) in [5, 5.41) is 3.60. The average Bonchev–Trinajstić information content (AvgIpc) is 2.84. The Bertz CT molecular complexity index is 1140. The van der Waals surface area contributed by atoms with Gasteiger partial charge in [-0.15, -0.1) is 0 Å². The minimum absolute atomic E-state index is 0.0397. The van der Waals surface area contributed by atoms with Crippen molar-refractivity contribution in [3.05, 3.63) is 94.0 Å². The summed E-state index contributed by atoms with van der Waals surface area (Å²) in [4.78, 5) is 29.7. The molecule has 2 amide bonds. The van der Waals surface area contributed by atoms with Crippen LogP contribution in [0.25, 0.3) is 0 Å². The van der Waals surface area contributed by atoms with Crippen LogP contribution in [0, 0.1) is 6.92 Å². The van der Waals surface area contributed by atoms with Crippen LogP contribution in [-0.4, -0.2) is 42.9 Å². The van der Waals surface area contributed by atoms with Crippen molar-refractivity contribution in [2.45, 2.75) is 20.3 Å². The van der Waals surface area contributed by atoms with E-state index in [1.165, 1.54) is 5.56 Å². The fourth-order valence-electron chi connectivity index (χ4n) is 4.04. The Morgan fingerprint density at radius 3 is 2.15 bits per heavy atom. The fraction of sp³-hybridized carbons (Fsp3) is 0.259. The van der Waals surface area contributed by atoms with E-state index in [1.54, 1.807) is 0 Å². The number of para-hydroxylation sites is 1. The summed E-state index contributed by atoms with van der Waals surface area (Å²) in [6, 6.07) is 20.8. The van der Waals surface area contributed by atoms with Gasteiger partial charge in [0.2, 0.25) is 0 Å². The normalized spacial score (nSPS) is 13.7. The molecule has 6 heteroatoms. The number of benzene rings is 3. The molecule has 1 N–H and O–H groups in total. The highest BCUT2D eigenvalue weighted by molar-refractivity contribution is 6.34. The van der Waals surface area contributed by atoms with Crippen LogP contribution in [0.5, 0.6) is 0 Å². The maximum atomic E-state index is 12.9. The topological polar surface area (TPSA) is 52.7 Å². The highest BCUT2D eigenvalue weighted by atomic mass is 35.5. The highest BCUT2D eigenvalue weighted by Gasteiger charge is 2.25. The zero-order valence-electron chi connectivity index (χ0n) is 19.0. The second-order valence-electron chi connectivity index (χ2n) is 8.29. The van der Waals surface area contributed by atoms with Crippen LogP contribution in [0.4, 0.5) is 11.4 Å². The zero-order chi connectivity index (χ0) is 23.4. The summed E-state index contributed by atoms with van der Waals surface area (Å²) in [5.74, 6) is -0.132. The Labute approximate surface area is 200 Å². The van der Waals surface area contributed by atoms with E-state index in [4.69, 9.17) is 11.6 Å². The third kappa shape index (κ3) is 5.20. The summed E-state index contributed by atoms with van der Waals surface area (Å²) < 4.78 is 0. The number of piperazine rings is 1. The molecule has 0 aromatic heterocycles. The third-order valence-corrected chi connectivity index (χ3v) is 6.35. The molecule has 4 rings (SSSR count). The molecule has 1 saturated heterocycles. The van der Waals surface area contributed by atoms with E-state index in [0.717, 1.165) is 17.7 Å². The Morgan fingerprint density at radius 2 is 1.52 bits per heavy atom. The molecule has 1 heterocycles. The minimum Gasteiger partial charge on any atom is -0.365 e. The summed E-state index contributed by atoms with van der Waals surface area (Å²) in [6.07, 6.45) is 0.929. The molecule has 1 fully saturated rings. The Morgan fingerprint density at radius 1 is 0.879 bits per heavy atom. The predicted molar refractivity (Wildman–Crippen MR) is 135 cm³/mol. The first-order valence-corrected chi connectivity index (χ1v) is 11.6. The third-order valence-electron chi connectivity index (χ3n) is 6.04. The molecule has 5 nitrogen and oxygen atoms in total. The van der Waals surface area contributed by atoms with E-state index in [9.17, 15) is 9.59 Å². The second-order valence-corrected chi connectivity index (χ2v) is 8.69. The number of halogens is 1. The van der Waals surface area contributed by atoms with Crippen LogP contribution in [0.3, 0.4) is 0 Å². The summed E-state index contributed by atoms with van der Waals surface area (Å²) in [7, 11) is 0. The number of hydrogen-bond acceptors (Lipinski definition) is 3. The van der Waals surface area contributed by atoms with Crippen molar-refractivity contribution in [2.24, 2.45) is 0 Å². The average molecular weight is 462 g/mol. The lowest BCUT2D eigenvalue weighted by Gasteiger charge is -2.37. The molecule has 1 aliphatic rings. The molecule has 1 aliphatic heterocycles. The van der Waals surface area contributed by atoms with Crippen molar-refractivity contribution >= 4 is 34.8 Å². The molecule has 170 valence electrons. The van der Waals surface area contributed by atoms with Gasteiger partial charge >= 0.3 is 0 Å². The van der Waals surface area contributed by atoms with Gasteiger partial charge < -0.3 is 15.1 Å². The molecule has 0 bridgehead atoms. The number of carbonyl (C=O) groups excluding carboxylic acids is 2. The van der Waals surface area contributed by atoms with Crippen LogP contribution in [0.1, 0.15) is 38.8 Å². The molecular formula is C27H28ClN3O2. The lowest BCUT2D eigenvalue weighted by molar-refractivity contribution is 0.0746. The maximum absolute atomic E-state index is 12.9. The largest absolute Gasteiger partial charge is 0.365 e. The van der Waals surface area contributed by atoms with Crippen LogP contribution in [0.2, 0.25) is 5.02 Å². The summed E-state index contributed by atoms with van der Waals surface area (Å²) >= 11 is 6.57. The first kappa shape index (κ1) is 22.9. The molecule has 0 atom stereocenters. The van der Waals surface area contributed by atoms with Crippen LogP contribution >= 0.6 is 11.6 Å². The molecule has 0 aliphatic carbocycles. The molecule has 3 aromatic rings. The summed E-state index contributed by atoms with van der Waals surface area (Å²) in [5.41, 5.74) is 5.09. The van der Waals surface area contributed by atoms with Crippen molar-refractivity contribution in [3.63, 3.8) is 0 Å². The van der Waals surface area contributed by atoms with E-state index in [-0.39, 0.29) is 11.8 Å². The van der Waals surface area contributed by atoms with E-state index in [0.29, 0.717) is 48.0 Å². The van der Waals surface area contributed by atoms with E-state index < -0.39 is 0 Å². The van der Waals surface area contributed by atoms with E-state index >= 15 is 0 Å². The van der Waals surface area contributed by atoms with Gasteiger partial charge in [-0.05, 0) is 55.3 Å². The van der Waals surface area contributed by atoms with Gasteiger partial charge in [0, 0.05) is 37.3 Å². The number of anilines is 2. The van der Waals surface area contributed by atoms with Crippen LogP contribution < -0.4 is 10.2 Å². The molecule has 0 spiro atoms. The summed E-state index contributed by atoms with van der Waals surface area (Å²) in [6.45, 7) is 6.53. The van der Waals surface area contributed by atoms with Crippen molar-refractivity contribution in [3.8, 4) is 0 Å². The number of amides is 2. The zero-order valence-corrected chi connectivity index (χ0v) is 19.7. The standard InChI is InChI=1S/C27H28ClN3O2/c1-3-20-9-13-21(14-10-20)26(32)29-24-6-4-5-23(28)25(24)30-15-17-31(18-16-30)27(33)22-11-7-19(2)8-12-22/h4-14H,3,15-18H2,1-2H3,(H,29,32). The monoisotopic (exact) mass is 461 g/mol. The quantitative estimate of drug-likeness (QED) is 0.551. The van der Waals surface area contributed by atoms with Gasteiger partial charge in [-0.3, -0.25) is 9.59 Å². The lowest BCUT2D eigenvalue weighted by Crippen LogP contribution is -2.49. The van der Waals surface area contributed by atoms with Crippen molar-refractivity contribution in [1.29, 1.82) is 0 Å². The number of nitrogens with zero attached hydrogens (tertiary/aromatic N) is 2. The van der Waals surface area contributed by atoms with Gasteiger partial charge in [-0.1, -0.05) is 54.4 Å². The Kier molecular flexibility index (Phi) is 6.99. The molecule has 0 saturated carbocycles. The first-order chi connectivity index (χ1) is 16.0. The van der Waals surface area contributed by atoms with Crippen LogP contribution in [-0.2, 0) is 6.42 Å². The highest BCUT2D eigenvalue weighted by Crippen LogP contribution is 2.35. The van der Waals surface area contributed by atoms with Crippen molar-refractivity contribution in [2.75, 3.05) is 36.4 Å². The van der Waals surface area contributed by atoms with Crippen molar-refractivity contribution < 1.29 is 9.59 Å². The number of nitrogens with one attached hydrogen (secondary N) is 1. The van der Waals surface area contributed by atoms with Gasteiger partial charge in [0.05, 0.1) is 16.4 Å². The number of hydrogen-bond donors (Lipinski definition) is 1. The van der Waals surface area contributed by atoms with Crippen LogP contribution in [0.15, 0.2) is 66.7 Å². The SMILES string of the molecule is CCc1ccc(C(=O)Nc2cccc(Cl)c2N2CCN(C(=O)c3ccc(C)cc3)CC2)cc1. The predicted octanol–water partition coefficient (Wildman–Crippen LogP) is 5.43. The van der Waals surface area contributed by atoms with Crippen molar-refractivity contribution in [1.82, 2.24) is 4.90 Å². The molecule has 0 unspecified atom stereocenters. The van der Waals surface area contributed by atoms with E-state index in [2.05, 4.69) is 17.1 Å². The van der Waals surface area contributed by atoms with Gasteiger partial charge in [-0.2, -0.15) is 0 Å². The second kappa shape index (κ2) is 10.1. The number of rotatable bonds is 5. The van der Waals surface area contributed by atoms with Gasteiger partial charge in [-0.25, -0.2) is 0 Å².